The summed E-state index contributed by atoms with van der Waals surface area (Å²) < 4.78 is 0. The number of amides is 2. The van der Waals surface area contributed by atoms with E-state index in [1.807, 2.05) is 17.0 Å². The van der Waals surface area contributed by atoms with Crippen LogP contribution in [0.15, 0.2) is 18.2 Å². The van der Waals surface area contributed by atoms with E-state index < -0.39 is 0 Å². The summed E-state index contributed by atoms with van der Waals surface area (Å²) in [7, 11) is 2.56. The van der Waals surface area contributed by atoms with Gasteiger partial charge in [-0.25, -0.2) is 0 Å². The lowest BCUT2D eigenvalue weighted by molar-refractivity contribution is -0.138. The van der Waals surface area contributed by atoms with Crippen molar-refractivity contribution in [2.75, 3.05) is 18.4 Å². The lowest BCUT2D eigenvalue weighted by Gasteiger charge is -2.37. The van der Waals surface area contributed by atoms with Gasteiger partial charge in [-0.1, -0.05) is 30.5 Å². The first kappa shape index (κ1) is 20.6. The minimum absolute atomic E-state index is 0.00153. The molecule has 0 spiro atoms. The molecule has 7 heteroatoms. The molecule has 27 heavy (non-hydrogen) atoms. The number of piperidine rings is 1. The Bertz CT molecular complexity index is 692. The van der Waals surface area contributed by atoms with Crippen LogP contribution in [0.5, 0.6) is 0 Å². The number of hydrogen-bond acceptors (Lipinski definition) is 3. The first-order valence-corrected chi connectivity index (χ1v) is 10.8. The molecule has 0 aromatic heterocycles. The van der Waals surface area contributed by atoms with Gasteiger partial charge in [0.1, 0.15) is 0 Å². The zero-order chi connectivity index (χ0) is 19.4. The minimum atomic E-state index is -0.0111. The number of anilines is 1. The largest absolute Gasteiger partial charge is 0.342 e. The maximum absolute atomic E-state index is 12.7. The molecular weight excluding hydrogens is 381 g/mol. The van der Waals surface area contributed by atoms with Gasteiger partial charge in [0.25, 0.3) is 0 Å². The third-order valence-electron chi connectivity index (χ3n) is 5.82. The highest BCUT2D eigenvalue weighted by atomic mass is 35.5. The van der Waals surface area contributed by atoms with E-state index in [2.05, 4.69) is 14.6 Å². The number of carbonyl (C=O) groups is 2. The van der Waals surface area contributed by atoms with E-state index in [0.717, 1.165) is 62.6 Å². The molecule has 1 aromatic rings. The molecule has 1 aromatic carbocycles. The molecule has 1 unspecified atom stereocenters. The molecule has 0 radical (unpaired) electrons. The Kier molecular flexibility index (Phi) is 7.13. The number of rotatable bonds is 4. The van der Waals surface area contributed by atoms with Crippen LogP contribution < -0.4 is 16.4 Å². The molecule has 3 rings (SSSR count). The van der Waals surface area contributed by atoms with Crippen LogP contribution in [-0.4, -0.2) is 35.8 Å². The number of hydrogen-bond donors (Lipinski definition) is 2. The molecule has 3 N–H and O–H groups in total. The van der Waals surface area contributed by atoms with E-state index in [1.165, 1.54) is 0 Å². The van der Waals surface area contributed by atoms with Crippen LogP contribution in [0.3, 0.4) is 0 Å². The second-order valence-electron chi connectivity index (χ2n) is 7.81. The van der Waals surface area contributed by atoms with E-state index in [-0.39, 0.29) is 23.8 Å². The molecule has 2 fully saturated rings. The molecule has 5 nitrogen and oxygen atoms in total. The predicted octanol–water partition coefficient (Wildman–Crippen LogP) is 2.93. The zero-order valence-corrected chi connectivity index (χ0v) is 17.5. The van der Waals surface area contributed by atoms with Gasteiger partial charge in [0.05, 0.1) is 5.92 Å². The number of likely N-dealkylation sites (tertiary alicyclic amines) is 1. The van der Waals surface area contributed by atoms with Crippen LogP contribution in [0, 0.1) is 11.8 Å². The fraction of sp³-hybridized carbons (Fsp3) is 0.600. The van der Waals surface area contributed by atoms with Crippen molar-refractivity contribution in [2.24, 2.45) is 17.6 Å². The smallest absolute Gasteiger partial charge is 0.227 e. The summed E-state index contributed by atoms with van der Waals surface area (Å²) in [5.41, 5.74) is 6.88. The zero-order valence-electron chi connectivity index (χ0n) is 15.6. The standard InChI is InChI=1S/C20H29ClN3O2P/c21-16-12-14(5-6-18(16)27)23-19(25)11-13-7-9-24(10-8-13)20(26)15-3-1-2-4-17(15)22/h5-6,12-13,15,17H,1-4,7-11,22,27H2,(H,23,25)/t15-,17-/m0/s1. The molecule has 1 saturated heterocycles. The second kappa shape index (κ2) is 9.36. The quantitative estimate of drug-likeness (QED) is 0.751. The van der Waals surface area contributed by atoms with Gasteiger partial charge in [-0.05, 0) is 49.0 Å². The van der Waals surface area contributed by atoms with E-state index in [9.17, 15) is 9.59 Å². The van der Waals surface area contributed by atoms with Crippen LogP contribution in [0.4, 0.5) is 5.69 Å². The first-order chi connectivity index (χ1) is 12.9. The molecule has 0 bridgehead atoms. The monoisotopic (exact) mass is 409 g/mol. The molecule has 1 heterocycles. The normalized spacial score (nSPS) is 23.9. The SMILES string of the molecule is N[C@H]1CCCC[C@@H]1C(=O)N1CCC(CC(=O)Nc2ccc(P)c(Cl)c2)CC1. The third kappa shape index (κ3) is 5.43. The molecule has 1 aliphatic heterocycles. The van der Waals surface area contributed by atoms with Gasteiger partial charge < -0.3 is 16.0 Å². The van der Waals surface area contributed by atoms with Crippen LogP contribution in [0.25, 0.3) is 0 Å². The lowest BCUT2D eigenvalue weighted by atomic mass is 9.83. The number of carbonyl (C=O) groups excluding carboxylic acids is 2. The van der Waals surface area contributed by atoms with Gasteiger partial charge in [-0.3, -0.25) is 9.59 Å². The average Bonchev–Trinajstić information content (AvgIpc) is 2.65. The summed E-state index contributed by atoms with van der Waals surface area (Å²) in [6.45, 7) is 1.46. The second-order valence-corrected chi connectivity index (χ2v) is 8.84. The Morgan fingerprint density at radius 3 is 2.56 bits per heavy atom. The van der Waals surface area contributed by atoms with Gasteiger partial charge in [0.15, 0.2) is 0 Å². The van der Waals surface area contributed by atoms with Crippen LogP contribution in [0.2, 0.25) is 5.02 Å². The molecule has 2 amide bonds. The van der Waals surface area contributed by atoms with Crippen molar-refractivity contribution < 1.29 is 9.59 Å². The van der Waals surface area contributed by atoms with Crippen molar-refractivity contribution in [1.29, 1.82) is 0 Å². The van der Waals surface area contributed by atoms with Crippen LogP contribution in [-0.2, 0) is 9.59 Å². The fourth-order valence-corrected chi connectivity index (χ4v) is 4.50. The Hall–Kier alpha value is -1.16. The number of nitrogens with one attached hydrogen (secondary N) is 1. The predicted molar refractivity (Wildman–Crippen MR) is 113 cm³/mol. The van der Waals surface area contributed by atoms with Crippen LogP contribution in [0.1, 0.15) is 44.9 Å². The summed E-state index contributed by atoms with van der Waals surface area (Å²) in [4.78, 5) is 27.0. The van der Waals surface area contributed by atoms with Gasteiger partial charge in [0.2, 0.25) is 11.8 Å². The van der Waals surface area contributed by atoms with E-state index in [4.69, 9.17) is 17.3 Å². The highest BCUT2D eigenvalue weighted by molar-refractivity contribution is 7.28. The summed E-state index contributed by atoms with van der Waals surface area (Å²) in [6.07, 6.45) is 6.31. The molecular formula is C20H29ClN3O2P. The number of benzene rings is 1. The molecule has 148 valence electrons. The lowest BCUT2D eigenvalue weighted by Crippen LogP contribution is -2.48. The Morgan fingerprint density at radius 2 is 1.89 bits per heavy atom. The van der Waals surface area contributed by atoms with Crippen LogP contribution >= 0.6 is 20.8 Å². The Labute approximate surface area is 168 Å². The highest BCUT2D eigenvalue weighted by Crippen LogP contribution is 2.28. The van der Waals surface area contributed by atoms with Crippen molar-refractivity contribution in [2.45, 2.75) is 51.0 Å². The summed E-state index contributed by atoms with van der Waals surface area (Å²) in [5.74, 6) is 0.521. The third-order valence-corrected chi connectivity index (χ3v) is 6.83. The number of nitrogens with two attached hydrogens (primary N) is 1. The van der Waals surface area contributed by atoms with E-state index in [0.29, 0.717) is 17.4 Å². The molecule has 1 saturated carbocycles. The van der Waals surface area contributed by atoms with Gasteiger partial charge >= 0.3 is 0 Å². The van der Waals surface area contributed by atoms with Crippen molar-refractivity contribution in [1.82, 2.24) is 4.90 Å². The number of halogens is 1. The molecule has 2 aliphatic rings. The van der Waals surface area contributed by atoms with Gasteiger partial charge in [-0.15, -0.1) is 9.24 Å². The Balaban J connectivity index is 1.45. The van der Waals surface area contributed by atoms with Crippen molar-refractivity contribution in [3.05, 3.63) is 23.2 Å². The average molecular weight is 410 g/mol. The van der Waals surface area contributed by atoms with Crippen molar-refractivity contribution >= 4 is 43.6 Å². The highest BCUT2D eigenvalue weighted by Gasteiger charge is 2.33. The summed E-state index contributed by atoms with van der Waals surface area (Å²) in [5, 5.41) is 4.44. The van der Waals surface area contributed by atoms with E-state index in [1.54, 1.807) is 6.07 Å². The Morgan fingerprint density at radius 1 is 1.19 bits per heavy atom. The maximum atomic E-state index is 12.7. The van der Waals surface area contributed by atoms with Crippen molar-refractivity contribution in [3.63, 3.8) is 0 Å². The summed E-state index contributed by atoms with van der Waals surface area (Å²) in [6, 6.07) is 5.48. The minimum Gasteiger partial charge on any atom is -0.342 e. The topological polar surface area (TPSA) is 75.4 Å². The van der Waals surface area contributed by atoms with Gasteiger partial charge in [0, 0.05) is 36.3 Å². The number of nitrogens with zero attached hydrogens (tertiary/aromatic N) is 1. The molecule has 3 atom stereocenters. The first-order valence-electron chi connectivity index (χ1n) is 9.83. The molecule has 1 aliphatic carbocycles. The van der Waals surface area contributed by atoms with Gasteiger partial charge in [-0.2, -0.15) is 0 Å². The van der Waals surface area contributed by atoms with E-state index >= 15 is 0 Å². The van der Waals surface area contributed by atoms with Crippen molar-refractivity contribution in [3.8, 4) is 0 Å². The fourth-order valence-electron chi connectivity index (χ4n) is 4.14. The maximum Gasteiger partial charge on any atom is 0.227 e. The summed E-state index contributed by atoms with van der Waals surface area (Å²) >= 11 is 6.09.